The van der Waals surface area contributed by atoms with Crippen molar-refractivity contribution in [2.24, 2.45) is 0 Å². The molecule has 0 saturated carbocycles. The summed E-state index contributed by atoms with van der Waals surface area (Å²) in [4.78, 5) is 28.2. The molecule has 3 heterocycles. The Morgan fingerprint density at radius 2 is 1.97 bits per heavy atom. The van der Waals surface area contributed by atoms with Crippen LogP contribution in [0.1, 0.15) is 52.1 Å². The van der Waals surface area contributed by atoms with Crippen LogP contribution in [0.5, 0.6) is 5.75 Å². The number of nitrogens with one attached hydrogen (secondary N) is 1. The Balaban J connectivity index is 1.39. The number of anilines is 1. The van der Waals surface area contributed by atoms with E-state index in [1.165, 1.54) is 0 Å². The minimum Gasteiger partial charge on any atom is -0.493 e. The van der Waals surface area contributed by atoms with Crippen molar-refractivity contribution in [1.29, 1.82) is 0 Å². The number of ether oxygens (including phenoxy) is 1. The van der Waals surface area contributed by atoms with Gasteiger partial charge >= 0.3 is 0 Å². The first-order valence-corrected chi connectivity index (χ1v) is 11.1. The van der Waals surface area contributed by atoms with E-state index in [2.05, 4.69) is 10.4 Å². The molecule has 0 aliphatic carbocycles. The Labute approximate surface area is 187 Å². The van der Waals surface area contributed by atoms with E-state index in [1.807, 2.05) is 42.2 Å². The Bertz CT molecular complexity index is 1160. The van der Waals surface area contributed by atoms with E-state index in [9.17, 15) is 9.59 Å². The van der Waals surface area contributed by atoms with Crippen molar-refractivity contribution in [3.05, 3.63) is 71.5 Å². The Morgan fingerprint density at radius 1 is 1.12 bits per heavy atom. The number of nitrogens with zero attached hydrogens (tertiary/aromatic N) is 3. The van der Waals surface area contributed by atoms with E-state index in [0.29, 0.717) is 29.2 Å². The topological polar surface area (TPSA) is 76.5 Å². The van der Waals surface area contributed by atoms with E-state index in [4.69, 9.17) is 4.74 Å². The summed E-state index contributed by atoms with van der Waals surface area (Å²) < 4.78 is 7.63. The number of hydrogen-bond acceptors (Lipinski definition) is 4. The first-order valence-electron chi connectivity index (χ1n) is 11.1. The lowest BCUT2D eigenvalue weighted by atomic mass is 9.97. The van der Waals surface area contributed by atoms with E-state index < -0.39 is 0 Å². The SMILES string of the molecule is Cc1c(C(=O)Nc2ccc3c(c2)C(=O)N2CCCCC2CCO3)cnn1-c1ccccc1. The van der Waals surface area contributed by atoms with Crippen LogP contribution in [0.4, 0.5) is 5.69 Å². The van der Waals surface area contributed by atoms with Crippen LogP contribution in [0, 0.1) is 6.92 Å². The fraction of sp³-hybridized carbons (Fsp3) is 0.320. The van der Waals surface area contributed by atoms with Crippen molar-refractivity contribution in [1.82, 2.24) is 14.7 Å². The Morgan fingerprint density at radius 3 is 2.81 bits per heavy atom. The van der Waals surface area contributed by atoms with Crippen molar-refractivity contribution >= 4 is 17.5 Å². The van der Waals surface area contributed by atoms with Gasteiger partial charge in [0.2, 0.25) is 0 Å². The second kappa shape index (κ2) is 8.49. The summed E-state index contributed by atoms with van der Waals surface area (Å²) in [5.74, 6) is 0.290. The molecule has 2 aliphatic heterocycles. The average molecular weight is 431 g/mol. The van der Waals surface area contributed by atoms with Crippen molar-refractivity contribution in [2.45, 2.75) is 38.6 Å². The molecule has 7 heteroatoms. The molecule has 3 aromatic rings. The fourth-order valence-electron chi connectivity index (χ4n) is 4.59. The van der Waals surface area contributed by atoms with E-state index in [1.54, 1.807) is 29.1 Å². The molecular formula is C25H26N4O3. The van der Waals surface area contributed by atoms with Crippen LogP contribution in [0.3, 0.4) is 0 Å². The molecule has 1 aromatic heterocycles. The molecule has 32 heavy (non-hydrogen) atoms. The molecule has 1 fully saturated rings. The van der Waals surface area contributed by atoms with Crippen LogP contribution in [-0.2, 0) is 0 Å². The van der Waals surface area contributed by atoms with Gasteiger partial charge in [-0.3, -0.25) is 9.59 Å². The van der Waals surface area contributed by atoms with Gasteiger partial charge in [0.1, 0.15) is 5.75 Å². The molecule has 0 radical (unpaired) electrons. The molecule has 1 N–H and O–H groups in total. The van der Waals surface area contributed by atoms with Gasteiger partial charge in [-0.2, -0.15) is 5.10 Å². The number of rotatable bonds is 3. The van der Waals surface area contributed by atoms with Gasteiger partial charge in [0, 0.05) is 24.7 Å². The van der Waals surface area contributed by atoms with Gasteiger partial charge < -0.3 is 15.0 Å². The predicted octanol–water partition coefficient (Wildman–Crippen LogP) is 4.21. The minimum atomic E-state index is -0.264. The van der Waals surface area contributed by atoms with Crippen LogP contribution in [0.25, 0.3) is 5.69 Å². The lowest BCUT2D eigenvalue weighted by Gasteiger charge is -2.37. The highest BCUT2D eigenvalue weighted by Crippen LogP contribution is 2.31. The van der Waals surface area contributed by atoms with Crippen LogP contribution >= 0.6 is 0 Å². The van der Waals surface area contributed by atoms with Crippen molar-refractivity contribution in [3.8, 4) is 11.4 Å². The van der Waals surface area contributed by atoms with Crippen LogP contribution in [0.2, 0.25) is 0 Å². The summed E-state index contributed by atoms with van der Waals surface area (Å²) >= 11 is 0. The largest absolute Gasteiger partial charge is 0.493 e. The normalized spacial score (nSPS) is 18.1. The zero-order valence-corrected chi connectivity index (χ0v) is 18.1. The number of benzene rings is 2. The van der Waals surface area contributed by atoms with E-state index in [-0.39, 0.29) is 17.9 Å². The number of hydrogen-bond donors (Lipinski definition) is 1. The number of fused-ring (bicyclic) bond motifs is 2. The van der Waals surface area contributed by atoms with Gasteiger partial charge in [0.25, 0.3) is 11.8 Å². The molecule has 5 rings (SSSR count). The summed E-state index contributed by atoms with van der Waals surface area (Å²) in [7, 11) is 0. The molecule has 2 amide bonds. The van der Waals surface area contributed by atoms with Crippen molar-refractivity contribution in [2.75, 3.05) is 18.5 Å². The fourth-order valence-corrected chi connectivity index (χ4v) is 4.59. The molecule has 2 aromatic carbocycles. The maximum Gasteiger partial charge on any atom is 0.259 e. The van der Waals surface area contributed by atoms with Crippen LogP contribution in [-0.4, -0.2) is 45.7 Å². The number of carbonyl (C=O) groups excluding carboxylic acids is 2. The maximum absolute atomic E-state index is 13.3. The maximum atomic E-state index is 13.3. The summed E-state index contributed by atoms with van der Waals surface area (Å²) in [6.07, 6.45) is 5.62. The molecule has 2 aliphatic rings. The number of piperidine rings is 1. The first kappa shape index (κ1) is 20.3. The molecular weight excluding hydrogens is 404 g/mol. The molecule has 164 valence electrons. The van der Waals surface area contributed by atoms with Crippen molar-refractivity contribution in [3.63, 3.8) is 0 Å². The summed E-state index contributed by atoms with van der Waals surface area (Å²) in [5.41, 5.74) is 3.19. The predicted molar refractivity (Wildman–Crippen MR) is 121 cm³/mol. The van der Waals surface area contributed by atoms with Gasteiger partial charge in [-0.15, -0.1) is 0 Å². The van der Waals surface area contributed by atoms with Crippen LogP contribution in [0.15, 0.2) is 54.7 Å². The third-order valence-corrected chi connectivity index (χ3v) is 6.32. The molecule has 0 bridgehead atoms. The number of carbonyl (C=O) groups is 2. The highest BCUT2D eigenvalue weighted by molar-refractivity contribution is 6.06. The first-order chi connectivity index (χ1) is 15.6. The van der Waals surface area contributed by atoms with Gasteiger partial charge in [-0.1, -0.05) is 18.2 Å². The summed E-state index contributed by atoms with van der Waals surface area (Å²) in [6, 6.07) is 15.2. The zero-order chi connectivity index (χ0) is 22.1. The third kappa shape index (κ3) is 3.75. The lowest BCUT2D eigenvalue weighted by molar-refractivity contribution is 0.0548. The highest BCUT2D eigenvalue weighted by Gasteiger charge is 2.31. The summed E-state index contributed by atoms with van der Waals surface area (Å²) in [5, 5.41) is 7.30. The quantitative estimate of drug-likeness (QED) is 0.675. The Hall–Kier alpha value is -3.61. The Kier molecular flexibility index (Phi) is 5.39. The van der Waals surface area contributed by atoms with Gasteiger partial charge in [0.15, 0.2) is 0 Å². The summed E-state index contributed by atoms with van der Waals surface area (Å²) in [6.45, 7) is 3.23. The molecule has 1 saturated heterocycles. The number of para-hydroxylation sites is 1. The monoisotopic (exact) mass is 430 g/mol. The minimum absolute atomic E-state index is 0.0198. The van der Waals surface area contributed by atoms with Gasteiger partial charge in [0.05, 0.1) is 35.3 Å². The molecule has 0 spiro atoms. The van der Waals surface area contributed by atoms with E-state index in [0.717, 1.165) is 43.6 Å². The highest BCUT2D eigenvalue weighted by atomic mass is 16.5. The standard InChI is InChI=1S/C25H26N4O3/c1-17-22(16-26-29(17)20-8-3-2-4-9-20)24(30)27-18-10-11-23-21(15-18)25(31)28-13-6-5-7-19(28)12-14-32-23/h2-4,8-11,15-16,19H,5-7,12-14H2,1H3,(H,27,30). The molecule has 1 unspecified atom stereocenters. The average Bonchev–Trinajstić information content (AvgIpc) is 3.21. The second-order valence-corrected chi connectivity index (χ2v) is 8.34. The van der Waals surface area contributed by atoms with Gasteiger partial charge in [-0.05, 0) is 56.5 Å². The molecule has 1 atom stereocenters. The van der Waals surface area contributed by atoms with E-state index >= 15 is 0 Å². The van der Waals surface area contributed by atoms with Crippen LogP contribution < -0.4 is 10.1 Å². The third-order valence-electron chi connectivity index (χ3n) is 6.32. The number of aromatic nitrogens is 2. The smallest absolute Gasteiger partial charge is 0.259 e. The second-order valence-electron chi connectivity index (χ2n) is 8.34. The lowest BCUT2D eigenvalue weighted by Crippen LogP contribution is -2.45. The zero-order valence-electron chi connectivity index (χ0n) is 18.1. The molecule has 7 nitrogen and oxygen atoms in total. The number of amides is 2. The van der Waals surface area contributed by atoms with Gasteiger partial charge in [-0.25, -0.2) is 4.68 Å². The van der Waals surface area contributed by atoms with Crippen molar-refractivity contribution < 1.29 is 14.3 Å².